The summed E-state index contributed by atoms with van der Waals surface area (Å²) in [6.07, 6.45) is 5.22. The molecule has 2 aromatic carbocycles. The van der Waals surface area contributed by atoms with E-state index < -0.39 is 0 Å². The van der Waals surface area contributed by atoms with Crippen LogP contribution >= 0.6 is 11.8 Å². The van der Waals surface area contributed by atoms with Crippen molar-refractivity contribution in [2.24, 2.45) is 0 Å². The average molecular weight is 413 g/mol. The van der Waals surface area contributed by atoms with E-state index in [0.29, 0.717) is 11.3 Å². The maximum absolute atomic E-state index is 12.6. The summed E-state index contributed by atoms with van der Waals surface area (Å²) in [5, 5.41) is 2.94. The molecule has 0 bridgehead atoms. The van der Waals surface area contributed by atoms with Gasteiger partial charge in [0.25, 0.3) is 11.8 Å². The highest BCUT2D eigenvalue weighted by Gasteiger charge is 2.28. The Labute approximate surface area is 176 Å². The summed E-state index contributed by atoms with van der Waals surface area (Å²) in [7, 11) is 0. The van der Waals surface area contributed by atoms with Crippen molar-refractivity contribution >= 4 is 29.3 Å². The van der Waals surface area contributed by atoms with Crippen molar-refractivity contribution in [2.75, 3.05) is 18.2 Å². The van der Waals surface area contributed by atoms with Crippen LogP contribution in [0.25, 0.3) is 0 Å². The molecule has 1 N–H and O–H groups in total. The lowest BCUT2D eigenvalue weighted by Gasteiger charge is -2.38. The molecule has 154 valence electrons. The van der Waals surface area contributed by atoms with Gasteiger partial charge >= 0.3 is 0 Å². The van der Waals surface area contributed by atoms with Gasteiger partial charge in [-0.25, -0.2) is 0 Å². The summed E-state index contributed by atoms with van der Waals surface area (Å²) in [6.45, 7) is 4.20. The van der Waals surface area contributed by atoms with Gasteiger partial charge in [-0.3, -0.25) is 9.59 Å². The molecule has 0 radical (unpaired) electrons. The average Bonchev–Trinajstić information content (AvgIpc) is 2.73. The zero-order chi connectivity index (χ0) is 20.8. The lowest BCUT2D eigenvalue weighted by atomic mass is 9.97. The van der Waals surface area contributed by atoms with E-state index >= 15 is 0 Å². The number of amides is 2. The Morgan fingerprint density at radius 1 is 1.07 bits per heavy atom. The number of piperidine rings is 1. The van der Waals surface area contributed by atoms with Crippen LogP contribution in [0, 0.1) is 0 Å². The van der Waals surface area contributed by atoms with Gasteiger partial charge < -0.3 is 15.0 Å². The van der Waals surface area contributed by atoms with Crippen LogP contribution in [0.3, 0.4) is 0 Å². The number of ether oxygens (including phenoxy) is 1. The predicted octanol–water partition coefficient (Wildman–Crippen LogP) is 4.83. The Morgan fingerprint density at radius 2 is 1.72 bits per heavy atom. The summed E-state index contributed by atoms with van der Waals surface area (Å²) in [5.41, 5.74) is 1.33. The van der Waals surface area contributed by atoms with Crippen LogP contribution in [0.4, 0.5) is 5.69 Å². The number of nitrogens with one attached hydrogen (secondary N) is 1. The van der Waals surface area contributed by atoms with Crippen molar-refractivity contribution in [2.45, 2.75) is 50.1 Å². The number of carbonyl (C=O) groups excluding carboxylic acids is 2. The smallest absolute Gasteiger partial charge is 0.260 e. The van der Waals surface area contributed by atoms with Crippen molar-refractivity contribution in [3.05, 3.63) is 54.1 Å². The number of para-hydroxylation sites is 1. The third-order valence-electron chi connectivity index (χ3n) is 5.32. The molecule has 0 aliphatic carbocycles. The zero-order valence-corrected chi connectivity index (χ0v) is 18.0. The topological polar surface area (TPSA) is 58.6 Å². The summed E-state index contributed by atoms with van der Waals surface area (Å²) >= 11 is 1.59. The highest BCUT2D eigenvalue weighted by Crippen LogP contribution is 2.26. The van der Waals surface area contributed by atoms with E-state index in [9.17, 15) is 9.59 Å². The van der Waals surface area contributed by atoms with E-state index in [1.54, 1.807) is 36.0 Å². The number of carbonyl (C=O) groups is 2. The molecule has 1 aliphatic heterocycles. The van der Waals surface area contributed by atoms with Gasteiger partial charge in [0.2, 0.25) is 0 Å². The monoisotopic (exact) mass is 412 g/mol. The quantitative estimate of drug-likeness (QED) is 0.691. The van der Waals surface area contributed by atoms with Crippen LogP contribution in [0.1, 0.15) is 43.5 Å². The third-order valence-corrected chi connectivity index (χ3v) is 6.11. The Balaban J connectivity index is 1.57. The second-order valence-electron chi connectivity index (χ2n) is 7.40. The molecule has 6 heteroatoms. The van der Waals surface area contributed by atoms with Crippen LogP contribution in [-0.4, -0.2) is 41.7 Å². The molecule has 3 rings (SSSR count). The number of nitrogens with zero attached hydrogens (tertiary/aromatic N) is 1. The molecule has 0 spiro atoms. The van der Waals surface area contributed by atoms with Crippen LogP contribution in [0.2, 0.25) is 0 Å². The van der Waals surface area contributed by atoms with E-state index in [2.05, 4.69) is 19.2 Å². The highest BCUT2D eigenvalue weighted by atomic mass is 32.2. The van der Waals surface area contributed by atoms with Crippen molar-refractivity contribution in [3.8, 4) is 5.75 Å². The maximum Gasteiger partial charge on any atom is 0.260 e. The van der Waals surface area contributed by atoms with Gasteiger partial charge in [-0.15, -0.1) is 11.8 Å². The highest BCUT2D eigenvalue weighted by molar-refractivity contribution is 7.98. The predicted molar refractivity (Wildman–Crippen MR) is 118 cm³/mol. The standard InChI is InChI=1S/C23H28N2O3S/c1-16-7-6-8-17(2)25(16)22(26)15-28-19-13-11-18(12-14-19)23(27)24-20-9-4-5-10-21(20)29-3/h4-5,9-14,16-17H,6-8,15H2,1-3H3,(H,24,27). The van der Waals surface area contributed by atoms with Crippen LogP contribution in [0.15, 0.2) is 53.4 Å². The van der Waals surface area contributed by atoms with Gasteiger partial charge in [-0.1, -0.05) is 12.1 Å². The minimum Gasteiger partial charge on any atom is -0.484 e. The summed E-state index contributed by atoms with van der Waals surface area (Å²) in [4.78, 5) is 28.0. The van der Waals surface area contributed by atoms with Gasteiger partial charge in [-0.2, -0.15) is 0 Å². The largest absolute Gasteiger partial charge is 0.484 e. The fraction of sp³-hybridized carbons (Fsp3) is 0.391. The molecule has 1 heterocycles. The normalized spacial score (nSPS) is 18.9. The van der Waals surface area contributed by atoms with Crippen molar-refractivity contribution in [3.63, 3.8) is 0 Å². The van der Waals surface area contributed by atoms with Crippen LogP contribution < -0.4 is 10.1 Å². The molecule has 1 saturated heterocycles. The summed E-state index contributed by atoms with van der Waals surface area (Å²) in [5.74, 6) is 0.419. The molecule has 2 atom stereocenters. The van der Waals surface area contributed by atoms with Crippen molar-refractivity contribution < 1.29 is 14.3 Å². The maximum atomic E-state index is 12.6. The first-order chi connectivity index (χ1) is 14.0. The summed E-state index contributed by atoms with van der Waals surface area (Å²) in [6, 6.07) is 15.1. The second kappa shape index (κ2) is 9.83. The van der Waals surface area contributed by atoms with Gasteiger partial charge in [0.15, 0.2) is 6.61 Å². The second-order valence-corrected chi connectivity index (χ2v) is 8.25. The molecule has 2 amide bonds. The minimum absolute atomic E-state index is 0.0141. The molecule has 1 fully saturated rings. The van der Waals surface area contributed by atoms with Crippen LogP contribution in [-0.2, 0) is 4.79 Å². The molecule has 2 unspecified atom stereocenters. The molecular formula is C23H28N2O3S. The van der Waals surface area contributed by atoms with E-state index in [4.69, 9.17) is 4.74 Å². The van der Waals surface area contributed by atoms with Gasteiger partial charge in [0, 0.05) is 22.5 Å². The van der Waals surface area contributed by atoms with Crippen molar-refractivity contribution in [1.29, 1.82) is 0 Å². The number of likely N-dealkylation sites (tertiary alicyclic amines) is 1. The van der Waals surface area contributed by atoms with E-state index in [1.807, 2.05) is 35.4 Å². The zero-order valence-electron chi connectivity index (χ0n) is 17.2. The van der Waals surface area contributed by atoms with Gasteiger partial charge in [0.1, 0.15) is 5.75 Å². The number of hydrogen-bond donors (Lipinski definition) is 1. The Morgan fingerprint density at radius 3 is 2.38 bits per heavy atom. The number of rotatable bonds is 6. The Kier molecular flexibility index (Phi) is 7.20. The number of benzene rings is 2. The SMILES string of the molecule is CSc1ccccc1NC(=O)c1ccc(OCC(=O)N2C(C)CCCC2C)cc1. The number of anilines is 1. The van der Waals surface area contributed by atoms with Crippen LogP contribution in [0.5, 0.6) is 5.75 Å². The van der Waals surface area contributed by atoms with Crippen molar-refractivity contribution in [1.82, 2.24) is 4.90 Å². The van der Waals surface area contributed by atoms with E-state index in [0.717, 1.165) is 29.8 Å². The molecule has 2 aromatic rings. The lowest BCUT2D eigenvalue weighted by Crippen LogP contribution is -2.49. The molecule has 29 heavy (non-hydrogen) atoms. The lowest BCUT2D eigenvalue weighted by molar-refractivity contribution is -0.139. The number of thioether (sulfide) groups is 1. The fourth-order valence-electron chi connectivity index (χ4n) is 3.78. The molecule has 1 aliphatic rings. The first-order valence-corrected chi connectivity index (χ1v) is 11.2. The summed E-state index contributed by atoms with van der Waals surface area (Å²) < 4.78 is 5.68. The Bertz CT molecular complexity index is 843. The minimum atomic E-state index is -0.176. The van der Waals surface area contributed by atoms with E-state index in [-0.39, 0.29) is 30.5 Å². The molecule has 0 saturated carbocycles. The molecule has 0 aromatic heterocycles. The third kappa shape index (κ3) is 5.32. The fourth-order valence-corrected chi connectivity index (χ4v) is 4.33. The molecule has 5 nitrogen and oxygen atoms in total. The first-order valence-electron chi connectivity index (χ1n) is 9.98. The first kappa shape index (κ1) is 21.2. The van der Waals surface area contributed by atoms with E-state index in [1.165, 1.54) is 0 Å². The van der Waals surface area contributed by atoms with Gasteiger partial charge in [0.05, 0.1) is 5.69 Å². The Hall–Kier alpha value is -2.47. The number of hydrogen-bond acceptors (Lipinski definition) is 4. The molecular weight excluding hydrogens is 384 g/mol. The van der Waals surface area contributed by atoms with Gasteiger partial charge in [-0.05, 0) is 75.8 Å².